The van der Waals surface area contributed by atoms with Gasteiger partial charge in [-0.25, -0.2) is 0 Å². The number of aromatic nitrogens is 3. The van der Waals surface area contributed by atoms with E-state index in [4.69, 9.17) is 0 Å². The Hall–Kier alpha value is -1.43. The molecule has 0 spiro atoms. The Balaban J connectivity index is 1.86. The van der Waals surface area contributed by atoms with Crippen LogP contribution in [0.4, 0.5) is 0 Å². The summed E-state index contributed by atoms with van der Waals surface area (Å²) in [7, 11) is 4.01. The van der Waals surface area contributed by atoms with Crippen molar-refractivity contribution >= 4 is 5.91 Å². The SMILES string of the molecule is CN1CCC(N(C)C(=O)Cc2cn[nH]n2)CC1. The highest BCUT2D eigenvalue weighted by molar-refractivity contribution is 5.78. The van der Waals surface area contributed by atoms with Crippen molar-refractivity contribution in [2.45, 2.75) is 25.3 Å². The third-order valence-electron chi connectivity index (χ3n) is 3.43. The van der Waals surface area contributed by atoms with E-state index in [-0.39, 0.29) is 5.91 Å². The van der Waals surface area contributed by atoms with E-state index in [2.05, 4.69) is 27.4 Å². The number of hydrogen-bond donors (Lipinski definition) is 1. The van der Waals surface area contributed by atoms with Crippen LogP contribution in [0.5, 0.6) is 0 Å². The molecular weight excluding hydrogens is 218 g/mol. The van der Waals surface area contributed by atoms with Gasteiger partial charge in [0.2, 0.25) is 5.91 Å². The summed E-state index contributed by atoms with van der Waals surface area (Å²) in [6, 6.07) is 0.366. The zero-order valence-corrected chi connectivity index (χ0v) is 10.4. The van der Waals surface area contributed by atoms with Gasteiger partial charge in [-0.3, -0.25) is 4.79 Å². The van der Waals surface area contributed by atoms with Crippen molar-refractivity contribution in [2.24, 2.45) is 0 Å². The number of amides is 1. The molecule has 1 aliphatic rings. The number of piperidine rings is 1. The highest BCUT2D eigenvalue weighted by Crippen LogP contribution is 2.14. The maximum Gasteiger partial charge on any atom is 0.228 e. The smallest absolute Gasteiger partial charge is 0.228 e. The zero-order chi connectivity index (χ0) is 12.3. The molecule has 0 bridgehead atoms. The third kappa shape index (κ3) is 3.03. The lowest BCUT2D eigenvalue weighted by molar-refractivity contribution is -0.132. The molecule has 0 unspecified atom stereocenters. The first-order valence-corrected chi connectivity index (χ1v) is 5.95. The van der Waals surface area contributed by atoms with Crippen molar-refractivity contribution < 1.29 is 4.79 Å². The molecule has 0 saturated carbocycles. The Morgan fingerprint density at radius 2 is 2.29 bits per heavy atom. The summed E-state index contributed by atoms with van der Waals surface area (Å²) in [5, 5.41) is 10.1. The maximum absolute atomic E-state index is 12.0. The second-order valence-corrected chi connectivity index (χ2v) is 4.68. The third-order valence-corrected chi connectivity index (χ3v) is 3.43. The molecule has 6 nitrogen and oxygen atoms in total. The van der Waals surface area contributed by atoms with E-state index in [1.54, 1.807) is 6.20 Å². The van der Waals surface area contributed by atoms with Crippen LogP contribution in [0.2, 0.25) is 0 Å². The number of aromatic amines is 1. The first kappa shape index (κ1) is 12.0. The largest absolute Gasteiger partial charge is 0.342 e. The van der Waals surface area contributed by atoms with Crippen LogP contribution in [0.3, 0.4) is 0 Å². The standard InChI is InChI=1S/C11H19N5O/c1-15-5-3-10(4-6-15)16(2)11(17)7-9-8-12-14-13-9/h8,10H,3-7H2,1-2H3,(H,12,13,14). The molecule has 2 heterocycles. The number of likely N-dealkylation sites (tertiary alicyclic amines) is 1. The number of nitrogens with zero attached hydrogens (tertiary/aromatic N) is 4. The highest BCUT2D eigenvalue weighted by Gasteiger charge is 2.24. The molecule has 0 aliphatic carbocycles. The van der Waals surface area contributed by atoms with Gasteiger partial charge in [-0.1, -0.05) is 0 Å². The Labute approximate surface area is 101 Å². The summed E-state index contributed by atoms with van der Waals surface area (Å²) in [5.41, 5.74) is 0.703. The average molecular weight is 237 g/mol. The van der Waals surface area contributed by atoms with Gasteiger partial charge in [0.25, 0.3) is 0 Å². The number of hydrogen-bond acceptors (Lipinski definition) is 4. The van der Waals surface area contributed by atoms with Crippen molar-refractivity contribution in [3.05, 3.63) is 11.9 Å². The monoisotopic (exact) mass is 237 g/mol. The minimum absolute atomic E-state index is 0.119. The lowest BCUT2D eigenvalue weighted by Gasteiger charge is -2.35. The van der Waals surface area contributed by atoms with Crippen LogP contribution in [-0.4, -0.2) is 64.3 Å². The summed E-state index contributed by atoms with van der Waals surface area (Å²) < 4.78 is 0. The molecule has 1 saturated heterocycles. The number of likely N-dealkylation sites (N-methyl/N-ethyl adjacent to an activating group) is 1. The van der Waals surface area contributed by atoms with Gasteiger partial charge in [0, 0.05) is 13.1 Å². The van der Waals surface area contributed by atoms with Crippen LogP contribution in [0.25, 0.3) is 0 Å². The number of nitrogens with one attached hydrogen (secondary N) is 1. The van der Waals surface area contributed by atoms with Crippen molar-refractivity contribution in [1.29, 1.82) is 0 Å². The molecule has 0 atom stereocenters. The molecule has 2 rings (SSSR count). The molecule has 1 aromatic heterocycles. The molecule has 94 valence electrons. The predicted molar refractivity (Wildman–Crippen MR) is 63.4 cm³/mol. The first-order chi connectivity index (χ1) is 8.16. The minimum atomic E-state index is 0.119. The topological polar surface area (TPSA) is 65.1 Å². The number of H-pyrrole nitrogens is 1. The predicted octanol–water partition coefficient (Wildman–Crippen LogP) is -0.100. The van der Waals surface area contributed by atoms with Crippen LogP contribution in [0.15, 0.2) is 6.20 Å². The minimum Gasteiger partial charge on any atom is -0.342 e. The van der Waals surface area contributed by atoms with E-state index in [1.165, 1.54) is 0 Å². The normalized spacial score (nSPS) is 18.2. The number of carbonyl (C=O) groups is 1. The fraction of sp³-hybridized carbons (Fsp3) is 0.727. The lowest BCUT2D eigenvalue weighted by Crippen LogP contribution is -2.45. The highest BCUT2D eigenvalue weighted by atomic mass is 16.2. The first-order valence-electron chi connectivity index (χ1n) is 5.95. The number of rotatable bonds is 3. The van der Waals surface area contributed by atoms with Crippen LogP contribution in [-0.2, 0) is 11.2 Å². The molecule has 0 radical (unpaired) electrons. The second-order valence-electron chi connectivity index (χ2n) is 4.68. The van der Waals surface area contributed by atoms with Crippen molar-refractivity contribution in [3.8, 4) is 0 Å². The Bertz CT molecular complexity index is 356. The molecule has 1 N–H and O–H groups in total. The quantitative estimate of drug-likeness (QED) is 0.797. The van der Waals surface area contributed by atoms with Gasteiger partial charge in [0.05, 0.1) is 18.3 Å². The van der Waals surface area contributed by atoms with Gasteiger partial charge in [0.15, 0.2) is 0 Å². The molecule has 1 aliphatic heterocycles. The van der Waals surface area contributed by atoms with Crippen LogP contribution < -0.4 is 0 Å². The second kappa shape index (κ2) is 5.27. The zero-order valence-electron chi connectivity index (χ0n) is 10.4. The van der Waals surface area contributed by atoms with Crippen molar-refractivity contribution in [1.82, 2.24) is 25.2 Å². The van der Waals surface area contributed by atoms with Crippen LogP contribution >= 0.6 is 0 Å². The Kier molecular flexibility index (Phi) is 3.73. The lowest BCUT2D eigenvalue weighted by atomic mass is 10.0. The van der Waals surface area contributed by atoms with Gasteiger partial charge >= 0.3 is 0 Å². The summed E-state index contributed by atoms with van der Waals surface area (Å²) in [6.07, 6.45) is 4.04. The fourth-order valence-electron chi connectivity index (χ4n) is 2.18. The van der Waals surface area contributed by atoms with Gasteiger partial charge in [-0.2, -0.15) is 15.4 Å². The van der Waals surface area contributed by atoms with Gasteiger partial charge in [-0.05, 0) is 33.0 Å². The molecular formula is C11H19N5O. The summed E-state index contributed by atoms with van der Waals surface area (Å²) in [4.78, 5) is 16.2. The molecule has 17 heavy (non-hydrogen) atoms. The van der Waals surface area contributed by atoms with E-state index in [0.717, 1.165) is 25.9 Å². The Morgan fingerprint density at radius 1 is 1.59 bits per heavy atom. The summed E-state index contributed by atoms with van der Waals surface area (Å²) in [6.45, 7) is 2.12. The van der Waals surface area contributed by atoms with E-state index in [0.29, 0.717) is 18.2 Å². The molecule has 1 amide bonds. The molecule has 0 aromatic carbocycles. The molecule has 1 fully saturated rings. The molecule has 6 heteroatoms. The summed E-state index contributed by atoms with van der Waals surface area (Å²) >= 11 is 0. The van der Waals surface area contributed by atoms with E-state index < -0.39 is 0 Å². The van der Waals surface area contributed by atoms with Crippen LogP contribution in [0, 0.1) is 0 Å². The summed E-state index contributed by atoms with van der Waals surface area (Å²) in [5.74, 6) is 0.119. The maximum atomic E-state index is 12.0. The van der Waals surface area contributed by atoms with E-state index >= 15 is 0 Å². The molecule has 1 aromatic rings. The van der Waals surface area contributed by atoms with Gasteiger partial charge in [-0.15, -0.1) is 0 Å². The average Bonchev–Trinajstić information content (AvgIpc) is 2.82. The van der Waals surface area contributed by atoms with E-state index in [1.807, 2.05) is 11.9 Å². The van der Waals surface area contributed by atoms with Crippen molar-refractivity contribution in [2.75, 3.05) is 27.2 Å². The van der Waals surface area contributed by atoms with E-state index in [9.17, 15) is 4.79 Å². The van der Waals surface area contributed by atoms with Crippen molar-refractivity contribution in [3.63, 3.8) is 0 Å². The number of carbonyl (C=O) groups excluding carboxylic acids is 1. The fourth-order valence-corrected chi connectivity index (χ4v) is 2.18. The van der Waals surface area contributed by atoms with Crippen LogP contribution in [0.1, 0.15) is 18.5 Å². The van der Waals surface area contributed by atoms with Gasteiger partial charge in [0.1, 0.15) is 0 Å². The Morgan fingerprint density at radius 3 is 2.88 bits per heavy atom. The van der Waals surface area contributed by atoms with Gasteiger partial charge < -0.3 is 9.80 Å².